The normalized spacial score (nSPS) is 13.8. The van der Waals surface area contributed by atoms with Gasteiger partial charge >= 0.3 is 0 Å². The summed E-state index contributed by atoms with van der Waals surface area (Å²) >= 11 is 1.34. The van der Waals surface area contributed by atoms with E-state index in [2.05, 4.69) is 57.1 Å². The van der Waals surface area contributed by atoms with E-state index >= 15 is 0 Å². The number of aryl methyl sites for hydroxylation is 3. The van der Waals surface area contributed by atoms with Crippen molar-refractivity contribution in [3.8, 4) is 0 Å². The second-order valence-electron chi connectivity index (χ2n) is 8.25. The molecule has 0 atom stereocenters. The van der Waals surface area contributed by atoms with Crippen LogP contribution in [0.5, 0.6) is 0 Å². The Balaban J connectivity index is 1.37. The monoisotopic (exact) mass is 465 g/mol. The topological polar surface area (TPSA) is 61.4 Å². The molecule has 172 valence electrons. The molecule has 1 N–H and O–H groups in total. The van der Waals surface area contributed by atoms with Gasteiger partial charge in [-0.2, -0.15) is 0 Å². The molecule has 1 saturated heterocycles. The Hall–Kier alpha value is -3.13. The third-order valence-corrected chi connectivity index (χ3v) is 6.69. The molecule has 8 heteroatoms. The number of carbonyl (C=O) groups excluding carboxylic acids is 1. The summed E-state index contributed by atoms with van der Waals surface area (Å²) in [4.78, 5) is 26.1. The lowest BCUT2D eigenvalue weighted by atomic mass is 10.1. The first-order chi connectivity index (χ1) is 15.9. The first-order valence-corrected chi connectivity index (χ1v) is 12.0. The number of hydrogen-bond donors (Lipinski definition) is 1. The summed E-state index contributed by atoms with van der Waals surface area (Å²) < 4.78 is 13.7. The van der Waals surface area contributed by atoms with Gasteiger partial charge in [0, 0.05) is 49.9 Å². The lowest BCUT2D eigenvalue weighted by molar-refractivity contribution is -0.113. The second kappa shape index (κ2) is 10.2. The summed E-state index contributed by atoms with van der Waals surface area (Å²) in [7, 11) is 0. The highest BCUT2D eigenvalue weighted by molar-refractivity contribution is 8.00. The summed E-state index contributed by atoms with van der Waals surface area (Å²) in [6.45, 7) is 9.40. The van der Waals surface area contributed by atoms with Crippen molar-refractivity contribution in [3.05, 3.63) is 71.3 Å². The molecule has 0 bridgehead atoms. The molecule has 6 nitrogen and oxygen atoms in total. The molecule has 1 aromatic heterocycles. The minimum Gasteiger partial charge on any atom is -0.368 e. The van der Waals surface area contributed by atoms with Crippen molar-refractivity contribution in [2.75, 3.05) is 47.0 Å². The molecule has 2 aromatic carbocycles. The predicted molar refractivity (Wildman–Crippen MR) is 133 cm³/mol. The standard InChI is InChI=1S/C25H28FN5OS/c1-17-4-5-19(3)22(14-17)30-10-12-31(13-11-30)24-25(28-9-8-27-24)33-16-23(32)29-20-7-6-18(2)21(26)15-20/h4-9,14-15H,10-13,16H2,1-3H3,(H,29,32). The minimum atomic E-state index is -0.336. The van der Waals surface area contributed by atoms with E-state index in [1.54, 1.807) is 31.5 Å². The average Bonchev–Trinajstić information content (AvgIpc) is 2.82. The second-order valence-corrected chi connectivity index (χ2v) is 9.21. The smallest absolute Gasteiger partial charge is 0.234 e. The highest BCUT2D eigenvalue weighted by atomic mass is 32.2. The number of nitrogens with zero attached hydrogens (tertiary/aromatic N) is 4. The summed E-state index contributed by atoms with van der Waals surface area (Å²) in [6, 6.07) is 11.2. The van der Waals surface area contributed by atoms with Gasteiger partial charge in [-0.15, -0.1) is 0 Å². The van der Waals surface area contributed by atoms with Crippen LogP contribution in [0.3, 0.4) is 0 Å². The van der Waals surface area contributed by atoms with Crippen LogP contribution in [-0.2, 0) is 4.79 Å². The van der Waals surface area contributed by atoms with Gasteiger partial charge in [-0.1, -0.05) is 30.0 Å². The van der Waals surface area contributed by atoms with Gasteiger partial charge in [-0.3, -0.25) is 4.79 Å². The minimum absolute atomic E-state index is 0.170. The molecule has 3 aromatic rings. The maximum absolute atomic E-state index is 13.7. The Morgan fingerprint density at radius 1 is 0.970 bits per heavy atom. The lowest BCUT2D eigenvalue weighted by Gasteiger charge is -2.37. The number of amides is 1. The van der Waals surface area contributed by atoms with Crippen molar-refractivity contribution >= 4 is 34.9 Å². The fraction of sp³-hybridized carbons (Fsp3) is 0.320. The van der Waals surface area contributed by atoms with E-state index in [1.807, 2.05) is 0 Å². The third-order valence-electron chi connectivity index (χ3n) is 5.73. The Bertz CT molecular complexity index is 1150. The summed E-state index contributed by atoms with van der Waals surface area (Å²) in [5.41, 5.74) is 4.82. The van der Waals surface area contributed by atoms with Crippen molar-refractivity contribution < 1.29 is 9.18 Å². The Morgan fingerprint density at radius 3 is 2.42 bits per heavy atom. The molecule has 2 heterocycles. The van der Waals surface area contributed by atoms with Gasteiger partial charge in [0.05, 0.1) is 5.75 Å². The van der Waals surface area contributed by atoms with Crippen LogP contribution < -0.4 is 15.1 Å². The molecule has 1 aliphatic rings. The molecule has 4 rings (SSSR count). The molecule has 0 radical (unpaired) electrons. The molecule has 33 heavy (non-hydrogen) atoms. The van der Waals surface area contributed by atoms with E-state index in [1.165, 1.54) is 34.6 Å². The quantitative estimate of drug-likeness (QED) is 0.537. The highest BCUT2D eigenvalue weighted by Gasteiger charge is 2.22. The van der Waals surface area contributed by atoms with Gasteiger partial charge < -0.3 is 15.1 Å². The van der Waals surface area contributed by atoms with E-state index in [0.717, 1.165) is 37.0 Å². The number of thioether (sulfide) groups is 1. The SMILES string of the molecule is Cc1ccc(C)c(N2CCN(c3nccnc3SCC(=O)Nc3ccc(C)c(F)c3)CC2)c1. The molecular formula is C25H28FN5OS. The lowest BCUT2D eigenvalue weighted by Crippen LogP contribution is -2.47. The van der Waals surface area contributed by atoms with Gasteiger partial charge in [-0.05, 0) is 55.7 Å². The molecule has 0 aliphatic carbocycles. The number of rotatable bonds is 6. The maximum atomic E-state index is 13.7. The first kappa shape index (κ1) is 23.0. The predicted octanol–water partition coefficient (Wildman–Crippen LogP) is 4.60. The van der Waals surface area contributed by atoms with Crippen LogP contribution in [0.4, 0.5) is 21.6 Å². The zero-order chi connectivity index (χ0) is 23.4. The Labute approximate surface area is 198 Å². The van der Waals surface area contributed by atoms with Crippen LogP contribution in [0.15, 0.2) is 53.8 Å². The van der Waals surface area contributed by atoms with Crippen LogP contribution in [-0.4, -0.2) is 47.8 Å². The van der Waals surface area contributed by atoms with Gasteiger partial charge in [-0.25, -0.2) is 14.4 Å². The van der Waals surface area contributed by atoms with E-state index in [4.69, 9.17) is 0 Å². The van der Waals surface area contributed by atoms with Crippen LogP contribution in [0, 0.1) is 26.6 Å². The van der Waals surface area contributed by atoms with E-state index in [0.29, 0.717) is 11.3 Å². The Kier molecular flexibility index (Phi) is 7.13. The average molecular weight is 466 g/mol. The largest absolute Gasteiger partial charge is 0.368 e. The van der Waals surface area contributed by atoms with Crippen LogP contribution in [0.2, 0.25) is 0 Å². The van der Waals surface area contributed by atoms with Gasteiger partial charge in [0.2, 0.25) is 5.91 Å². The number of benzene rings is 2. The molecular weight excluding hydrogens is 437 g/mol. The van der Waals surface area contributed by atoms with Crippen LogP contribution >= 0.6 is 11.8 Å². The molecule has 0 spiro atoms. The summed E-state index contributed by atoms with van der Waals surface area (Å²) in [5.74, 6) is 0.428. The highest BCUT2D eigenvalue weighted by Crippen LogP contribution is 2.29. The van der Waals surface area contributed by atoms with E-state index < -0.39 is 0 Å². The molecule has 0 unspecified atom stereocenters. The van der Waals surface area contributed by atoms with Gasteiger partial charge in [0.1, 0.15) is 10.8 Å². The fourth-order valence-electron chi connectivity index (χ4n) is 3.86. The summed E-state index contributed by atoms with van der Waals surface area (Å²) in [5, 5.41) is 3.47. The molecule has 1 fully saturated rings. The number of hydrogen-bond acceptors (Lipinski definition) is 6. The molecule has 1 aliphatic heterocycles. The third kappa shape index (κ3) is 5.63. The van der Waals surface area contributed by atoms with E-state index in [9.17, 15) is 9.18 Å². The van der Waals surface area contributed by atoms with Crippen LogP contribution in [0.25, 0.3) is 0 Å². The van der Waals surface area contributed by atoms with Crippen LogP contribution in [0.1, 0.15) is 16.7 Å². The fourth-order valence-corrected chi connectivity index (χ4v) is 4.64. The number of piperazine rings is 1. The van der Waals surface area contributed by atoms with Crippen molar-refractivity contribution in [1.82, 2.24) is 9.97 Å². The Morgan fingerprint density at radius 2 is 1.67 bits per heavy atom. The zero-order valence-electron chi connectivity index (χ0n) is 19.1. The summed E-state index contributed by atoms with van der Waals surface area (Å²) in [6.07, 6.45) is 3.33. The molecule has 1 amide bonds. The number of halogens is 1. The van der Waals surface area contributed by atoms with Crippen molar-refractivity contribution in [1.29, 1.82) is 0 Å². The van der Waals surface area contributed by atoms with Crippen molar-refractivity contribution in [2.24, 2.45) is 0 Å². The van der Waals surface area contributed by atoms with Gasteiger partial charge in [0.25, 0.3) is 0 Å². The van der Waals surface area contributed by atoms with Crippen molar-refractivity contribution in [3.63, 3.8) is 0 Å². The zero-order valence-corrected chi connectivity index (χ0v) is 20.0. The maximum Gasteiger partial charge on any atom is 0.234 e. The number of nitrogens with one attached hydrogen (secondary N) is 1. The first-order valence-electron chi connectivity index (χ1n) is 11.0. The number of anilines is 3. The van der Waals surface area contributed by atoms with Crippen molar-refractivity contribution in [2.45, 2.75) is 25.8 Å². The van der Waals surface area contributed by atoms with Gasteiger partial charge in [0.15, 0.2) is 5.82 Å². The molecule has 0 saturated carbocycles. The number of aromatic nitrogens is 2. The van der Waals surface area contributed by atoms with E-state index in [-0.39, 0.29) is 17.5 Å². The number of carbonyl (C=O) groups is 1.